The summed E-state index contributed by atoms with van der Waals surface area (Å²) in [6, 6.07) is 0. The van der Waals surface area contributed by atoms with Gasteiger partial charge in [0, 0.05) is 0 Å². The molecule has 3 aliphatic carbocycles. The van der Waals surface area contributed by atoms with Crippen molar-refractivity contribution < 1.29 is 0 Å². The highest BCUT2D eigenvalue weighted by Gasteiger charge is 2.62. The van der Waals surface area contributed by atoms with Crippen LogP contribution in [0.1, 0.15) is 154 Å². The zero-order chi connectivity index (χ0) is 22.3. The highest BCUT2D eigenvalue weighted by atomic mass is 14.7. The second-order valence-corrected chi connectivity index (χ2v) is 11.7. The zero-order valence-electron chi connectivity index (χ0n) is 22.3. The summed E-state index contributed by atoms with van der Waals surface area (Å²) >= 11 is 0. The fourth-order valence-electron chi connectivity index (χ4n) is 7.52. The van der Waals surface area contributed by atoms with E-state index in [1.807, 2.05) is 13.8 Å². The Hall–Kier alpha value is 0. The second-order valence-electron chi connectivity index (χ2n) is 11.7. The Balaban J connectivity index is 0.00000108. The number of hydrogen-bond donors (Lipinski definition) is 0. The minimum atomic E-state index is 0. The molecule has 0 bridgehead atoms. The van der Waals surface area contributed by atoms with E-state index in [9.17, 15) is 0 Å². The molecule has 0 amide bonds. The fourth-order valence-corrected chi connectivity index (χ4v) is 7.52. The lowest BCUT2D eigenvalue weighted by Crippen LogP contribution is -2.60. The first-order valence-corrected chi connectivity index (χ1v) is 13.6. The molecule has 3 saturated carbocycles. The van der Waals surface area contributed by atoms with E-state index >= 15 is 0 Å². The number of unbranched alkanes of at least 4 members (excludes halogenated alkanes) is 1. The summed E-state index contributed by atoms with van der Waals surface area (Å²) in [6.45, 7) is 24.1. The van der Waals surface area contributed by atoms with Crippen molar-refractivity contribution in [1.82, 2.24) is 0 Å². The van der Waals surface area contributed by atoms with Crippen LogP contribution in [0.2, 0.25) is 0 Å². The van der Waals surface area contributed by atoms with Gasteiger partial charge in [0.1, 0.15) is 0 Å². The van der Waals surface area contributed by atoms with Crippen molar-refractivity contribution in [2.24, 2.45) is 39.9 Å². The predicted octanol–water partition coefficient (Wildman–Crippen LogP) is 10.9. The van der Waals surface area contributed by atoms with E-state index in [-0.39, 0.29) is 7.43 Å². The van der Waals surface area contributed by atoms with E-state index in [4.69, 9.17) is 0 Å². The van der Waals surface area contributed by atoms with Crippen molar-refractivity contribution in [1.29, 1.82) is 0 Å². The third-order valence-corrected chi connectivity index (χ3v) is 10.4. The van der Waals surface area contributed by atoms with Crippen molar-refractivity contribution in [3.8, 4) is 0 Å². The first-order valence-electron chi connectivity index (χ1n) is 13.6. The molecule has 0 aliphatic heterocycles. The van der Waals surface area contributed by atoms with Crippen LogP contribution in [0.4, 0.5) is 0 Å². The topological polar surface area (TPSA) is 0 Å². The first-order chi connectivity index (χ1) is 13.6. The Morgan fingerprint density at radius 1 is 0.733 bits per heavy atom. The molecule has 0 radical (unpaired) electrons. The molecule has 7 unspecified atom stereocenters. The van der Waals surface area contributed by atoms with Gasteiger partial charge in [-0.1, -0.05) is 122 Å². The van der Waals surface area contributed by atoms with Crippen LogP contribution >= 0.6 is 0 Å². The van der Waals surface area contributed by atoms with Gasteiger partial charge < -0.3 is 0 Å². The SMILES string of the molecule is C.CC.CC1CCCC(CC2(C)C(C)CCC3(C)C(C)CCCC32C)C1.CCCC. The lowest BCUT2D eigenvalue weighted by Gasteiger charge is -2.68. The molecule has 30 heavy (non-hydrogen) atoms. The van der Waals surface area contributed by atoms with Crippen molar-refractivity contribution in [2.45, 2.75) is 154 Å². The molecular weight excluding hydrogens is 360 g/mol. The molecule has 0 heteroatoms. The molecule has 3 fully saturated rings. The van der Waals surface area contributed by atoms with E-state index < -0.39 is 0 Å². The summed E-state index contributed by atoms with van der Waals surface area (Å²) < 4.78 is 0. The summed E-state index contributed by atoms with van der Waals surface area (Å²) in [5.74, 6) is 3.80. The van der Waals surface area contributed by atoms with Gasteiger partial charge in [-0.2, -0.15) is 0 Å². The quantitative estimate of drug-likeness (QED) is 0.424. The van der Waals surface area contributed by atoms with Gasteiger partial charge in [-0.25, -0.2) is 0 Å². The molecule has 0 aromatic rings. The Kier molecular flexibility index (Phi) is 12.9. The lowest BCUT2D eigenvalue weighted by atomic mass is 9.37. The molecule has 0 N–H and O–H groups in total. The average molecular weight is 423 g/mol. The maximum atomic E-state index is 2.71. The molecule has 0 aromatic heterocycles. The van der Waals surface area contributed by atoms with Crippen LogP contribution in [-0.2, 0) is 0 Å². The molecular formula is C30H62. The van der Waals surface area contributed by atoms with E-state index in [0.29, 0.717) is 16.2 Å². The van der Waals surface area contributed by atoms with Crippen molar-refractivity contribution in [3.63, 3.8) is 0 Å². The van der Waals surface area contributed by atoms with Crippen LogP contribution < -0.4 is 0 Å². The summed E-state index contributed by atoms with van der Waals surface area (Å²) in [6.07, 6.45) is 17.5. The van der Waals surface area contributed by atoms with Gasteiger partial charge in [0.2, 0.25) is 0 Å². The highest BCUT2D eigenvalue weighted by Crippen LogP contribution is 2.70. The predicted molar refractivity (Wildman–Crippen MR) is 140 cm³/mol. The molecule has 0 spiro atoms. The van der Waals surface area contributed by atoms with Gasteiger partial charge in [-0.05, 0) is 72.0 Å². The summed E-state index contributed by atoms with van der Waals surface area (Å²) in [5.41, 5.74) is 1.68. The summed E-state index contributed by atoms with van der Waals surface area (Å²) in [7, 11) is 0. The molecule has 0 saturated heterocycles. The van der Waals surface area contributed by atoms with Crippen LogP contribution in [-0.4, -0.2) is 0 Å². The summed E-state index contributed by atoms with van der Waals surface area (Å²) in [5, 5.41) is 0. The molecule has 182 valence electrons. The van der Waals surface area contributed by atoms with Gasteiger partial charge in [0.25, 0.3) is 0 Å². The first kappa shape index (κ1) is 30.0. The number of fused-ring (bicyclic) bond motifs is 1. The normalized spacial score (nSPS) is 43.0. The molecule has 0 aromatic carbocycles. The van der Waals surface area contributed by atoms with Gasteiger partial charge in [0.15, 0.2) is 0 Å². The van der Waals surface area contributed by atoms with Crippen molar-refractivity contribution in [3.05, 3.63) is 0 Å². The van der Waals surface area contributed by atoms with E-state index in [1.54, 1.807) is 0 Å². The zero-order valence-corrected chi connectivity index (χ0v) is 22.3. The van der Waals surface area contributed by atoms with Gasteiger partial charge in [-0.15, -0.1) is 0 Å². The van der Waals surface area contributed by atoms with Gasteiger partial charge in [-0.3, -0.25) is 0 Å². The Bertz CT molecular complexity index is 451. The van der Waals surface area contributed by atoms with E-state index in [0.717, 1.165) is 23.7 Å². The third kappa shape index (κ3) is 5.86. The lowest BCUT2D eigenvalue weighted by molar-refractivity contribution is -0.188. The van der Waals surface area contributed by atoms with Gasteiger partial charge in [0.05, 0.1) is 0 Å². The fraction of sp³-hybridized carbons (Fsp3) is 1.00. The maximum Gasteiger partial charge on any atom is -0.0213 e. The minimum Gasteiger partial charge on any atom is -0.0776 e. The van der Waals surface area contributed by atoms with E-state index in [2.05, 4.69) is 55.4 Å². The van der Waals surface area contributed by atoms with Gasteiger partial charge >= 0.3 is 0 Å². The molecule has 3 rings (SSSR count). The van der Waals surface area contributed by atoms with Crippen LogP contribution in [0.15, 0.2) is 0 Å². The minimum absolute atomic E-state index is 0. The third-order valence-electron chi connectivity index (χ3n) is 10.4. The van der Waals surface area contributed by atoms with Crippen LogP contribution in [0.3, 0.4) is 0 Å². The largest absolute Gasteiger partial charge is 0.0776 e. The van der Waals surface area contributed by atoms with E-state index in [1.165, 1.54) is 77.0 Å². The number of hydrogen-bond acceptors (Lipinski definition) is 0. The monoisotopic (exact) mass is 422 g/mol. The van der Waals surface area contributed by atoms with Crippen LogP contribution in [0, 0.1) is 39.9 Å². The molecule has 0 nitrogen and oxygen atoms in total. The molecule has 0 heterocycles. The van der Waals surface area contributed by atoms with Crippen LogP contribution in [0.25, 0.3) is 0 Å². The van der Waals surface area contributed by atoms with Crippen molar-refractivity contribution in [2.75, 3.05) is 0 Å². The smallest absolute Gasteiger partial charge is 0.0213 e. The maximum absolute atomic E-state index is 2.71. The molecule has 3 aliphatic rings. The average Bonchev–Trinajstić information content (AvgIpc) is 2.71. The Morgan fingerprint density at radius 2 is 1.33 bits per heavy atom. The number of rotatable bonds is 3. The highest BCUT2D eigenvalue weighted by molar-refractivity contribution is 5.11. The second kappa shape index (κ2) is 12.9. The Labute approximate surface area is 193 Å². The molecule has 7 atom stereocenters. The standard InChI is InChI=1S/C23H42.C4H10.C2H6.CH4/c1-17-9-7-11-20(15-17)16-22(5)19(3)12-14-21(4)18(2)10-8-13-23(21,22)6;1-3-4-2;1-2;/h17-20H,7-16H2,1-6H3;3-4H2,1-2H3;1-2H3;1H4. The summed E-state index contributed by atoms with van der Waals surface area (Å²) in [4.78, 5) is 0. The Morgan fingerprint density at radius 3 is 1.87 bits per heavy atom. The van der Waals surface area contributed by atoms with Crippen molar-refractivity contribution >= 4 is 0 Å². The van der Waals surface area contributed by atoms with Crippen LogP contribution in [0.5, 0.6) is 0 Å².